The Hall–Kier alpha value is -2.90. The third-order valence-corrected chi connectivity index (χ3v) is 7.15. The van der Waals surface area contributed by atoms with Crippen LogP contribution in [-0.4, -0.2) is 69.4 Å². The summed E-state index contributed by atoms with van der Waals surface area (Å²) in [5.41, 5.74) is 1.80. The van der Waals surface area contributed by atoms with Gasteiger partial charge in [0.25, 0.3) is 0 Å². The second kappa shape index (κ2) is 8.56. The number of amides is 4. The Morgan fingerprint density at radius 3 is 0.906 bits per heavy atom. The van der Waals surface area contributed by atoms with E-state index in [1.54, 1.807) is 0 Å². The molecular formula is C24H30N4O4. The molecule has 0 unspecified atom stereocenters. The molecule has 8 heteroatoms. The van der Waals surface area contributed by atoms with Crippen molar-refractivity contribution in [3.8, 4) is 0 Å². The smallest absolute Gasteiger partial charge is 0.224 e. The Morgan fingerprint density at radius 1 is 0.469 bits per heavy atom. The van der Waals surface area contributed by atoms with Crippen LogP contribution in [0.15, 0.2) is 24.3 Å². The summed E-state index contributed by atoms with van der Waals surface area (Å²) in [7, 11) is 0. The van der Waals surface area contributed by atoms with Gasteiger partial charge in [0.05, 0.1) is 0 Å². The van der Waals surface area contributed by atoms with Crippen molar-refractivity contribution < 1.29 is 19.2 Å². The Morgan fingerprint density at radius 2 is 0.719 bits per heavy atom. The molecule has 32 heavy (non-hydrogen) atoms. The maximum Gasteiger partial charge on any atom is 0.224 e. The van der Waals surface area contributed by atoms with Crippen molar-refractivity contribution in [2.45, 2.75) is 63.7 Å². The normalized spacial score (nSPS) is 22.1. The Bertz CT molecular complexity index is 803. The Kier molecular flexibility index (Phi) is 5.61. The molecule has 0 bridgehead atoms. The van der Waals surface area contributed by atoms with Crippen molar-refractivity contribution >= 4 is 23.6 Å². The van der Waals surface area contributed by atoms with Crippen LogP contribution in [0.25, 0.3) is 0 Å². The number of rotatable bonds is 6. The predicted octanol–water partition coefficient (Wildman–Crippen LogP) is 2.17. The lowest BCUT2D eigenvalue weighted by molar-refractivity contribution is -0.142. The third kappa shape index (κ3) is 3.65. The van der Waals surface area contributed by atoms with E-state index in [0.29, 0.717) is 51.9 Å². The molecular weight excluding hydrogens is 408 g/mol. The fourth-order valence-corrected chi connectivity index (χ4v) is 5.61. The topological polar surface area (TPSA) is 81.2 Å². The van der Waals surface area contributed by atoms with Gasteiger partial charge in [-0.05, 0) is 36.8 Å². The van der Waals surface area contributed by atoms with E-state index in [4.69, 9.17) is 0 Å². The molecule has 0 atom stereocenters. The molecule has 4 heterocycles. The number of likely N-dealkylation sites (tertiary alicyclic amines) is 4. The summed E-state index contributed by atoms with van der Waals surface area (Å²) in [6.45, 7) is 2.62. The minimum Gasteiger partial charge on any atom is -0.318 e. The van der Waals surface area contributed by atoms with Crippen molar-refractivity contribution in [2.75, 3.05) is 26.2 Å². The molecule has 4 saturated heterocycles. The van der Waals surface area contributed by atoms with Crippen LogP contribution >= 0.6 is 0 Å². The van der Waals surface area contributed by atoms with Crippen molar-refractivity contribution in [1.82, 2.24) is 19.6 Å². The lowest BCUT2D eigenvalue weighted by Crippen LogP contribution is -2.43. The predicted molar refractivity (Wildman–Crippen MR) is 116 cm³/mol. The summed E-state index contributed by atoms with van der Waals surface area (Å²) < 4.78 is 0. The average molecular weight is 439 g/mol. The van der Waals surface area contributed by atoms with Gasteiger partial charge in [-0.15, -0.1) is 0 Å². The lowest BCUT2D eigenvalue weighted by Gasteiger charge is -2.37. The van der Waals surface area contributed by atoms with E-state index < -0.39 is 0 Å². The Balaban J connectivity index is 1.47. The largest absolute Gasteiger partial charge is 0.318 e. The van der Waals surface area contributed by atoms with Gasteiger partial charge in [-0.25, -0.2) is 0 Å². The fraction of sp³-hybridized carbons (Fsp3) is 0.583. The molecule has 0 aliphatic carbocycles. The van der Waals surface area contributed by atoms with Gasteiger partial charge in [0.2, 0.25) is 23.6 Å². The molecule has 8 nitrogen and oxygen atoms in total. The summed E-state index contributed by atoms with van der Waals surface area (Å²) in [6.07, 6.45) is 4.57. The molecule has 170 valence electrons. The van der Waals surface area contributed by atoms with E-state index >= 15 is 0 Å². The van der Waals surface area contributed by atoms with Crippen LogP contribution in [0, 0.1) is 0 Å². The molecule has 0 saturated carbocycles. The number of benzene rings is 1. The molecule has 1 aromatic rings. The van der Waals surface area contributed by atoms with Crippen molar-refractivity contribution in [1.29, 1.82) is 0 Å². The van der Waals surface area contributed by atoms with Crippen LogP contribution in [0.5, 0.6) is 0 Å². The van der Waals surface area contributed by atoms with E-state index in [1.807, 2.05) is 43.9 Å². The third-order valence-electron chi connectivity index (χ3n) is 7.15. The van der Waals surface area contributed by atoms with Crippen molar-refractivity contribution in [2.24, 2.45) is 0 Å². The van der Waals surface area contributed by atoms with Crippen LogP contribution < -0.4 is 0 Å². The zero-order valence-corrected chi connectivity index (χ0v) is 18.4. The van der Waals surface area contributed by atoms with Crippen LogP contribution in [-0.2, 0) is 19.2 Å². The van der Waals surface area contributed by atoms with E-state index in [-0.39, 0.29) is 36.0 Å². The number of hydrogen-bond donors (Lipinski definition) is 0. The lowest BCUT2D eigenvalue weighted by atomic mass is 10.0. The molecule has 1 aromatic carbocycles. The molecule has 0 N–H and O–H groups in total. The van der Waals surface area contributed by atoms with Gasteiger partial charge in [-0.1, -0.05) is 24.3 Å². The van der Waals surface area contributed by atoms with E-state index in [9.17, 15) is 19.2 Å². The first kappa shape index (κ1) is 21.0. The van der Waals surface area contributed by atoms with Gasteiger partial charge in [0, 0.05) is 51.9 Å². The van der Waals surface area contributed by atoms with Crippen LogP contribution in [0.3, 0.4) is 0 Å². The second-order valence-corrected chi connectivity index (χ2v) is 9.18. The summed E-state index contributed by atoms with van der Waals surface area (Å²) in [6, 6.07) is 7.85. The van der Waals surface area contributed by atoms with Gasteiger partial charge in [-0.2, -0.15) is 0 Å². The van der Waals surface area contributed by atoms with Gasteiger partial charge in [0.1, 0.15) is 12.3 Å². The number of carbonyl (C=O) groups excluding carboxylic acids is 4. The first-order valence-corrected chi connectivity index (χ1v) is 11.8. The monoisotopic (exact) mass is 438 g/mol. The van der Waals surface area contributed by atoms with Gasteiger partial charge in [-0.3, -0.25) is 19.2 Å². The number of nitrogens with zero attached hydrogens (tertiary/aromatic N) is 4. The maximum atomic E-state index is 12.5. The highest BCUT2D eigenvalue weighted by molar-refractivity contribution is 5.83. The van der Waals surface area contributed by atoms with E-state index in [1.165, 1.54) is 0 Å². The first-order chi connectivity index (χ1) is 15.5. The molecule has 4 fully saturated rings. The number of hydrogen-bond acceptors (Lipinski definition) is 4. The zero-order chi connectivity index (χ0) is 22.2. The minimum absolute atomic E-state index is 0.0852. The quantitative estimate of drug-likeness (QED) is 0.682. The standard InChI is InChI=1S/C24H30N4O4/c29-19-5-1-13-25(19)23(26-14-2-6-20(26)30)17-9-11-18(12-10-17)24(27-15-3-7-21(27)31)28-16-4-8-22(28)32/h9-12,23-24H,1-8,13-16H2. The van der Waals surface area contributed by atoms with E-state index in [0.717, 1.165) is 36.8 Å². The number of carbonyl (C=O) groups is 4. The molecule has 4 aliphatic rings. The summed E-state index contributed by atoms with van der Waals surface area (Å²) in [4.78, 5) is 57.5. The molecule has 0 spiro atoms. The minimum atomic E-state index is -0.380. The SMILES string of the molecule is O=C1CCCN1C(c1ccc(C(N2CCCC2=O)N2CCCC2=O)cc1)N1CCCC1=O. The van der Waals surface area contributed by atoms with E-state index in [2.05, 4.69) is 0 Å². The highest BCUT2D eigenvalue weighted by atomic mass is 16.2. The maximum absolute atomic E-state index is 12.5. The van der Waals surface area contributed by atoms with Crippen molar-refractivity contribution in [3.05, 3.63) is 35.4 Å². The summed E-state index contributed by atoms with van der Waals surface area (Å²) in [5, 5.41) is 0. The zero-order valence-electron chi connectivity index (χ0n) is 18.4. The highest BCUT2D eigenvalue weighted by Gasteiger charge is 2.39. The second-order valence-electron chi connectivity index (χ2n) is 9.18. The molecule has 4 amide bonds. The van der Waals surface area contributed by atoms with Gasteiger partial charge >= 0.3 is 0 Å². The first-order valence-electron chi connectivity index (χ1n) is 11.8. The Labute approximate surface area is 188 Å². The average Bonchev–Trinajstić information content (AvgIpc) is 3.58. The van der Waals surface area contributed by atoms with Gasteiger partial charge in [0.15, 0.2) is 0 Å². The molecule has 0 radical (unpaired) electrons. The van der Waals surface area contributed by atoms with Gasteiger partial charge < -0.3 is 19.6 Å². The van der Waals surface area contributed by atoms with Crippen LogP contribution in [0.2, 0.25) is 0 Å². The summed E-state index contributed by atoms with van der Waals surface area (Å²) in [5.74, 6) is 0.341. The van der Waals surface area contributed by atoms with Crippen LogP contribution in [0.1, 0.15) is 74.8 Å². The molecule has 0 aromatic heterocycles. The summed E-state index contributed by atoms with van der Waals surface area (Å²) >= 11 is 0. The molecule has 5 rings (SSSR count). The highest BCUT2D eigenvalue weighted by Crippen LogP contribution is 2.36. The fourth-order valence-electron chi connectivity index (χ4n) is 5.61. The van der Waals surface area contributed by atoms with Crippen LogP contribution in [0.4, 0.5) is 0 Å². The van der Waals surface area contributed by atoms with Crippen molar-refractivity contribution in [3.63, 3.8) is 0 Å². The molecule has 4 aliphatic heterocycles.